The van der Waals surface area contributed by atoms with E-state index in [0.717, 1.165) is 16.6 Å². The summed E-state index contributed by atoms with van der Waals surface area (Å²) >= 11 is 0. The zero-order valence-electron chi connectivity index (χ0n) is 10.1. The molecule has 1 aromatic heterocycles. The molecule has 1 aromatic carbocycles. The van der Waals surface area contributed by atoms with Crippen LogP contribution in [0, 0.1) is 11.3 Å². The Hall–Kier alpha value is -2.72. The molecule has 2 heterocycles. The van der Waals surface area contributed by atoms with Crippen LogP contribution in [0.15, 0.2) is 18.3 Å². The molecule has 1 aliphatic rings. The molecule has 3 N–H and O–H groups in total. The van der Waals surface area contributed by atoms with Crippen molar-refractivity contribution in [1.82, 2.24) is 15.4 Å². The van der Waals surface area contributed by atoms with Crippen LogP contribution in [0.5, 0.6) is 0 Å². The van der Waals surface area contributed by atoms with Crippen LogP contribution in [-0.2, 0) is 4.79 Å². The number of hydrogen-bond donors (Lipinski definition) is 2. The third-order valence-corrected chi connectivity index (χ3v) is 3.11. The van der Waals surface area contributed by atoms with Crippen LogP contribution in [-0.4, -0.2) is 22.9 Å². The molecule has 0 radical (unpaired) electrons. The number of benzene rings is 1. The number of nitrogens with two attached hydrogens (primary N) is 1. The van der Waals surface area contributed by atoms with Crippen LogP contribution < -0.4 is 16.2 Å². The molecule has 0 bridgehead atoms. The van der Waals surface area contributed by atoms with Gasteiger partial charge in [-0.05, 0) is 0 Å². The van der Waals surface area contributed by atoms with Crippen molar-refractivity contribution in [1.29, 1.82) is 5.26 Å². The van der Waals surface area contributed by atoms with E-state index in [9.17, 15) is 4.79 Å². The highest BCUT2D eigenvalue weighted by molar-refractivity contribution is 5.97. The Kier molecular flexibility index (Phi) is 2.33. The fourth-order valence-electron chi connectivity index (χ4n) is 2.28. The van der Waals surface area contributed by atoms with Crippen molar-refractivity contribution in [3.8, 4) is 6.07 Å². The van der Waals surface area contributed by atoms with Crippen molar-refractivity contribution < 1.29 is 4.79 Å². The molecule has 0 saturated carbocycles. The highest BCUT2D eigenvalue weighted by Crippen LogP contribution is 2.36. The number of anilines is 1. The lowest BCUT2D eigenvalue weighted by Gasteiger charge is -2.14. The number of nitriles is 1. The molecule has 2 aromatic rings. The van der Waals surface area contributed by atoms with Gasteiger partial charge in [0, 0.05) is 24.2 Å². The van der Waals surface area contributed by atoms with E-state index in [1.807, 2.05) is 18.2 Å². The molecular weight excluding hydrogens is 244 g/mol. The standard InChI is InChI=1S/C12H10N6O/c1-18-11-7(10(17-18)12(14)19)3-2-6-5-15-8(4-13)16-9(6)11/h2-3,5,10,17H,1H3,(H2,14,19). The topological polar surface area (TPSA) is 108 Å². The molecule has 1 atom stereocenters. The summed E-state index contributed by atoms with van der Waals surface area (Å²) in [5.74, 6) is -0.365. The number of nitrogens with zero attached hydrogens (tertiary/aromatic N) is 4. The molecule has 0 fully saturated rings. The van der Waals surface area contributed by atoms with Gasteiger partial charge in [0.15, 0.2) is 0 Å². The summed E-state index contributed by atoms with van der Waals surface area (Å²) in [6.07, 6.45) is 1.59. The second kappa shape index (κ2) is 3.90. The highest BCUT2D eigenvalue weighted by atomic mass is 16.1. The molecule has 0 aliphatic carbocycles. The Morgan fingerprint density at radius 1 is 1.58 bits per heavy atom. The van der Waals surface area contributed by atoms with Crippen molar-refractivity contribution in [2.75, 3.05) is 12.1 Å². The van der Waals surface area contributed by atoms with E-state index < -0.39 is 11.9 Å². The van der Waals surface area contributed by atoms with Gasteiger partial charge in [0.2, 0.25) is 11.7 Å². The number of primary amides is 1. The Balaban J connectivity index is 2.32. The fraction of sp³-hybridized carbons (Fsp3) is 0.167. The van der Waals surface area contributed by atoms with Crippen LogP contribution in [0.1, 0.15) is 17.4 Å². The zero-order chi connectivity index (χ0) is 13.6. The van der Waals surface area contributed by atoms with Gasteiger partial charge in [-0.25, -0.2) is 15.4 Å². The van der Waals surface area contributed by atoms with Gasteiger partial charge in [0.05, 0.1) is 5.69 Å². The fourth-order valence-corrected chi connectivity index (χ4v) is 2.28. The molecule has 0 saturated heterocycles. The van der Waals surface area contributed by atoms with Crippen molar-refractivity contribution in [3.63, 3.8) is 0 Å². The Bertz CT molecular complexity index is 735. The minimum atomic E-state index is -0.579. The summed E-state index contributed by atoms with van der Waals surface area (Å²) in [7, 11) is 1.77. The monoisotopic (exact) mass is 254 g/mol. The number of hydrogen-bond acceptors (Lipinski definition) is 6. The molecule has 0 spiro atoms. The predicted octanol–water partition coefficient (Wildman–Crippen LogP) is -0.0177. The summed E-state index contributed by atoms with van der Waals surface area (Å²) in [6, 6.07) is 4.96. The number of rotatable bonds is 1. The lowest BCUT2D eigenvalue weighted by atomic mass is 10.0. The van der Waals surface area contributed by atoms with E-state index in [1.165, 1.54) is 0 Å². The van der Waals surface area contributed by atoms with Gasteiger partial charge in [-0.1, -0.05) is 12.1 Å². The molecule has 1 aliphatic heterocycles. The van der Waals surface area contributed by atoms with Crippen molar-refractivity contribution in [2.24, 2.45) is 5.73 Å². The van der Waals surface area contributed by atoms with Crippen LogP contribution in [0.2, 0.25) is 0 Å². The maximum absolute atomic E-state index is 11.4. The van der Waals surface area contributed by atoms with Crippen LogP contribution in [0.3, 0.4) is 0 Å². The number of aromatic nitrogens is 2. The second-order valence-corrected chi connectivity index (χ2v) is 4.27. The first-order chi connectivity index (χ1) is 9.11. The predicted molar refractivity (Wildman–Crippen MR) is 67.7 cm³/mol. The molecule has 3 rings (SSSR count). The maximum atomic E-state index is 11.4. The zero-order valence-corrected chi connectivity index (χ0v) is 10.1. The first kappa shape index (κ1) is 11.4. The van der Waals surface area contributed by atoms with E-state index in [0.29, 0.717) is 5.52 Å². The summed E-state index contributed by atoms with van der Waals surface area (Å²) in [6.45, 7) is 0. The van der Waals surface area contributed by atoms with Crippen LogP contribution >= 0.6 is 0 Å². The first-order valence-electron chi connectivity index (χ1n) is 5.61. The Morgan fingerprint density at radius 2 is 2.37 bits per heavy atom. The van der Waals surface area contributed by atoms with Gasteiger partial charge in [-0.3, -0.25) is 4.79 Å². The van der Waals surface area contributed by atoms with Crippen LogP contribution in [0.4, 0.5) is 5.69 Å². The SMILES string of the molecule is CN1NC(C(N)=O)c2ccc3cnc(C#N)nc3c21. The average molecular weight is 254 g/mol. The van der Waals surface area contributed by atoms with Gasteiger partial charge in [0.1, 0.15) is 17.6 Å². The summed E-state index contributed by atoms with van der Waals surface area (Å²) in [4.78, 5) is 19.5. The Labute approximate surface area is 108 Å². The lowest BCUT2D eigenvalue weighted by molar-refractivity contribution is -0.119. The third kappa shape index (κ3) is 1.58. The third-order valence-electron chi connectivity index (χ3n) is 3.11. The van der Waals surface area contributed by atoms with Crippen LogP contribution in [0.25, 0.3) is 10.9 Å². The number of carbonyl (C=O) groups is 1. The molecule has 1 unspecified atom stereocenters. The largest absolute Gasteiger partial charge is 0.368 e. The minimum Gasteiger partial charge on any atom is -0.368 e. The average Bonchev–Trinajstić information content (AvgIpc) is 2.76. The minimum absolute atomic E-state index is 0.0943. The van der Waals surface area contributed by atoms with Gasteiger partial charge >= 0.3 is 0 Å². The normalized spacial score (nSPS) is 17.3. The summed E-state index contributed by atoms with van der Waals surface area (Å²) < 4.78 is 0. The van der Waals surface area contributed by atoms with Gasteiger partial charge < -0.3 is 10.7 Å². The Morgan fingerprint density at radius 3 is 3.05 bits per heavy atom. The quantitative estimate of drug-likeness (QED) is 0.740. The van der Waals surface area contributed by atoms with Crippen molar-refractivity contribution in [3.05, 3.63) is 29.7 Å². The molecule has 7 heteroatoms. The number of fused-ring (bicyclic) bond motifs is 3. The van der Waals surface area contributed by atoms with Gasteiger partial charge in [-0.2, -0.15) is 5.26 Å². The molecule has 7 nitrogen and oxygen atoms in total. The number of amides is 1. The summed E-state index contributed by atoms with van der Waals surface area (Å²) in [5, 5.41) is 11.4. The number of carbonyl (C=O) groups excluding carboxylic acids is 1. The van der Waals surface area contributed by atoms with E-state index in [1.54, 1.807) is 18.3 Å². The molecule has 1 amide bonds. The smallest absolute Gasteiger partial charge is 0.241 e. The number of nitrogens with one attached hydrogen (secondary N) is 1. The summed E-state index contributed by atoms with van der Waals surface area (Å²) in [5.41, 5.74) is 10.5. The number of hydrazine groups is 1. The highest BCUT2D eigenvalue weighted by Gasteiger charge is 2.32. The van der Waals surface area contributed by atoms with Crippen molar-refractivity contribution >= 4 is 22.5 Å². The van der Waals surface area contributed by atoms with Gasteiger partial charge in [0.25, 0.3) is 0 Å². The molecule has 19 heavy (non-hydrogen) atoms. The van der Waals surface area contributed by atoms with Crippen molar-refractivity contribution in [2.45, 2.75) is 6.04 Å². The maximum Gasteiger partial charge on any atom is 0.241 e. The van der Waals surface area contributed by atoms with E-state index in [-0.39, 0.29) is 5.82 Å². The lowest BCUT2D eigenvalue weighted by Crippen LogP contribution is -2.37. The van der Waals surface area contributed by atoms with Gasteiger partial charge in [-0.15, -0.1) is 0 Å². The second-order valence-electron chi connectivity index (χ2n) is 4.27. The molecule has 94 valence electrons. The van der Waals surface area contributed by atoms with E-state index in [2.05, 4.69) is 15.4 Å². The van der Waals surface area contributed by atoms with E-state index in [4.69, 9.17) is 11.0 Å². The molecular formula is C12H10N6O. The first-order valence-corrected chi connectivity index (χ1v) is 5.61. The van der Waals surface area contributed by atoms with E-state index >= 15 is 0 Å².